The molecule has 0 aliphatic rings. The highest BCUT2D eigenvalue weighted by molar-refractivity contribution is 7.92. The van der Waals surface area contributed by atoms with Gasteiger partial charge in [-0.1, -0.05) is 0 Å². The van der Waals surface area contributed by atoms with Crippen LogP contribution in [0.15, 0.2) is 35.2 Å². The Hall–Kier alpha value is -2.88. The fourth-order valence-electron chi connectivity index (χ4n) is 1.65. The topological polar surface area (TPSA) is 120 Å². The minimum Gasteiger partial charge on any atom is -0.481 e. The number of amides is 1. The van der Waals surface area contributed by atoms with E-state index in [4.69, 9.17) is 9.47 Å². The first kappa shape index (κ1) is 16.5. The van der Waals surface area contributed by atoms with Gasteiger partial charge in [-0.25, -0.2) is 8.42 Å². The average Bonchev–Trinajstić information content (AvgIpc) is 2.54. The maximum atomic E-state index is 12.3. The van der Waals surface area contributed by atoms with E-state index in [9.17, 15) is 13.2 Å². The minimum atomic E-state index is -3.86. The summed E-state index contributed by atoms with van der Waals surface area (Å²) in [6.07, 6.45) is 0.501. The molecule has 0 fully saturated rings. The normalized spacial score (nSPS) is 10.7. The Bertz CT molecular complexity index is 770. The first-order valence-electron chi connectivity index (χ1n) is 6.28. The second-order valence-electron chi connectivity index (χ2n) is 4.17. The van der Waals surface area contributed by atoms with Gasteiger partial charge < -0.3 is 14.8 Å². The van der Waals surface area contributed by atoms with E-state index < -0.39 is 10.0 Å². The van der Waals surface area contributed by atoms with Gasteiger partial charge in [0.1, 0.15) is 0 Å². The van der Waals surface area contributed by atoms with Crippen LogP contribution in [0.5, 0.6) is 11.9 Å². The van der Waals surface area contributed by atoms with Crippen molar-refractivity contribution in [2.24, 2.45) is 0 Å². The van der Waals surface area contributed by atoms with Gasteiger partial charge in [0.2, 0.25) is 12.3 Å². The molecule has 0 bridgehead atoms. The molecule has 0 radical (unpaired) electrons. The first-order chi connectivity index (χ1) is 11.0. The van der Waals surface area contributed by atoms with Gasteiger partial charge >= 0.3 is 6.01 Å². The number of benzene rings is 1. The SMILES string of the molecule is COc1cc(NS(=O)(=O)c2ccc(NC=O)cc2)nc(OC)n1. The van der Waals surface area contributed by atoms with Gasteiger partial charge in [0.25, 0.3) is 10.0 Å². The van der Waals surface area contributed by atoms with Crippen molar-refractivity contribution in [3.63, 3.8) is 0 Å². The molecular formula is C13H14N4O5S. The molecule has 122 valence electrons. The van der Waals surface area contributed by atoms with Crippen LogP contribution in [0.3, 0.4) is 0 Å². The van der Waals surface area contributed by atoms with E-state index in [1.54, 1.807) is 0 Å². The van der Waals surface area contributed by atoms with Crippen LogP contribution in [0, 0.1) is 0 Å². The Morgan fingerprint density at radius 2 is 1.78 bits per heavy atom. The summed E-state index contributed by atoms with van der Waals surface area (Å²) in [6, 6.07) is 6.91. The fraction of sp³-hybridized carbons (Fsp3) is 0.154. The molecule has 0 aliphatic carbocycles. The second kappa shape index (κ2) is 6.92. The van der Waals surface area contributed by atoms with Crippen molar-refractivity contribution in [1.29, 1.82) is 0 Å². The van der Waals surface area contributed by atoms with Crippen LogP contribution in [0.4, 0.5) is 11.5 Å². The smallest absolute Gasteiger partial charge is 0.321 e. The van der Waals surface area contributed by atoms with Crippen molar-refractivity contribution in [2.45, 2.75) is 4.90 Å². The molecule has 23 heavy (non-hydrogen) atoms. The van der Waals surface area contributed by atoms with Crippen molar-refractivity contribution in [2.75, 3.05) is 24.3 Å². The number of hydrogen-bond acceptors (Lipinski definition) is 7. The second-order valence-corrected chi connectivity index (χ2v) is 5.86. The molecule has 2 rings (SSSR count). The zero-order valence-electron chi connectivity index (χ0n) is 12.3. The Kier molecular flexibility index (Phi) is 4.96. The summed E-state index contributed by atoms with van der Waals surface area (Å²) in [5.41, 5.74) is 0.476. The zero-order valence-corrected chi connectivity index (χ0v) is 13.1. The van der Waals surface area contributed by atoms with E-state index in [2.05, 4.69) is 20.0 Å². The number of sulfonamides is 1. The van der Waals surface area contributed by atoms with Crippen molar-refractivity contribution in [3.8, 4) is 11.9 Å². The van der Waals surface area contributed by atoms with Gasteiger partial charge in [-0.3, -0.25) is 9.52 Å². The summed E-state index contributed by atoms with van der Waals surface area (Å²) in [5, 5.41) is 2.42. The predicted molar refractivity (Wildman–Crippen MR) is 82.1 cm³/mol. The van der Waals surface area contributed by atoms with Crippen LogP contribution in [0.2, 0.25) is 0 Å². The van der Waals surface area contributed by atoms with Gasteiger partial charge in [0, 0.05) is 11.8 Å². The highest BCUT2D eigenvalue weighted by Crippen LogP contribution is 2.21. The highest BCUT2D eigenvalue weighted by Gasteiger charge is 2.16. The average molecular weight is 338 g/mol. The summed E-state index contributed by atoms with van der Waals surface area (Å²) in [4.78, 5) is 18.1. The van der Waals surface area contributed by atoms with Gasteiger partial charge in [0.15, 0.2) is 5.82 Å². The molecule has 1 aromatic heterocycles. The van der Waals surface area contributed by atoms with Gasteiger partial charge in [-0.15, -0.1) is 0 Å². The zero-order chi connectivity index (χ0) is 16.9. The maximum Gasteiger partial charge on any atom is 0.321 e. The quantitative estimate of drug-likeness (QED) is 0.719. The Balaban J connectivity index is 2.28. The standard InChI is InChI=1S/C13H14N4O5S/c1-21-12-7-11(15-13(16-12)22-2)17-23(19,20)10-5-3-9(4-6-10)14-8-18/h3-8H,1-2H3,(H,14,18)(H,15,16,17). The molecule has 1 heterocycles. The molecule has 0 unspecified atom stereocenters. The lowest BCUT2D eigenvalue weighted by Gasteiger charge is -2.10. The number of carbonyl (C=O) groups is 1. The fourth-order valence-corrected chi connectivity index (χ4v) is 2.64. The summed E-state index contributed by atoms with van der Waals surface area (Å²) < 4.78 is 36.8. The van der Waals surface area contributed by atoms with Crippen LogP contribution in [-0.4, -0.2) is 39.0 Å². The predicted octanol–water partition coefficient (Wildman–Crippen LogP) is 0.863. The summed E-state index contributed by atoms with van der Waals surface area (Å²) in [5.74, 6) is 0.156. The highest BCUT2D eigenvalue weighted by atomic mass is 32.2. The van der Waals surface area contributed by atoms with Crippen molar-refractivity contribution < 1.29 is 22.7 Å². The maximum absolute atomic E-state index is 12.3. The summed E-state index contributed by atoms with van der Waals surface area (Å²) in [7, 11) is -1.12. The number of carbonyl (C=O) groups excluding carboxylic acids is 1. The molecule has 10 heteroatoms. The van der Waals surface area contributed by atoms with Gasteiger partial charge in [-0.2, -0.15) is 9.97 Å². The van der Waals surface area contributed by atoms with E-state index >= 15 is 0 Å². The molecule has 0 aliphatic heterocycles. The number of nitrogens with one attached hydrogen (secondary N) is 2. The van der Waals surface area contributed by atoms with E-state index in [-0.39, 0.29) is 22.6 Å². The molecule has 1 aromatic carbocycles. The van der Waals surface area contributed by atoms with Crippen LogP contribution in [0.25, 0.3) is 0 Å². The first-order valence-corrected chi connectivity index (χ1v) is 7.77. The molecule has 2 N–H and O–H groups in total. The number of nitrogens with zero attached hydrogens (tertiary/aromatic N) is 2. The molecule has 9 nitrogen and oxygen atoms in total. The lowest BCUT2D eigenvalue weighted by Crippen LogP contribution is -2.14. The van der Waals surface area contributed by atoms with Crippen molar-refractivity contribution in [3.05, 3.63) is 30.3 Å². The lowest BCUT2D eigenvalue weighted by molar-refractivity contribution is -0.105. The summed E-state index contributed by atoms with van der Waals surface area (Å²) >= 11 is 0. The minimum absolute atomic E-state index is 0.00351. The van der Waals surface area contributed by atoms with Crippen LogP contribution < -0.4 is 19.5 Å². The number of rotatable bonds is 7. The van der Waals surface area contributed by atoms with Crippen LogP contribution in [-0.2, 0) is 14.8 Å². The van der Waals surface area contributed by atoms with Crippen LogP contribution in [0.1, 0.15) is 0 Å². The number of ether oxygens (including phenoxy) is 2. The Morgan fingerprint density at radius 1 is 1.09 bits per heavy atom. The third-order valence-corrected chi connectivity index (χ3v) is 4.07. The molecule has 0 atom stereocenters. The van der Waals surface area contributed by atoms with Crippen LogP contribution >= 0.6 is 0 Å². The number of methoxy groups -OCH3 is 2. The van der Waals surface area contributed by atoms with E-state index in [1.807, 2.05) is 0 Å². The molecular weight excluding hydrogens is 324 g/mol. The molecule has 1 amide bonds. The molecule has 0 saturated heterocycles. The van der Waals surface area contributed by atoms with Crippen molar-refractivity contribution >= 4 is 27.9 Å². The van der Waals surface area contributed by atoms with Gasteiger partial charge in [0.05, 0.1) is 19.1 Å². The number of hydrogen-bond donors (Lipinski definition) is 2. The van der Waals surface area contributed by atoms with Gasteiger partial charge in [-0.05, 0) is 24.3 Å². The monoisotopic (exact) mass is 338 g/mol. The Morgan fingerprint density at radius 3 is 2.35 bits per heavy atom. The number of anilines is 2. The molecule has 0 saturated carbocycles. The third kappa shape index (κ3) is 4.07. The number of aromatic nitrogens is 2. The third-order valence-electron chi connectivity index (χ3n) is 2.70. The van der Waals surface area contributed by atoms with Crippen molar-refractivity contribution in [1.82, 2.24) is 9.97 Å². The van der Waals surface area contributed by atoms with E-state index in [0.717, 1.165) is 0 Å². The summed E-state index contributed by atoms with van der Waals surface area (Å²) in [6.45, 7) is 0. The van der Waals surface area contributed by atoms with E-state index in [1.165, 1.54) is 44.6 Å². The molecule has 0 spiro atoms. The molecule has 2 aromatic rings. The largest absolute Gasteiger partial charge is 0.481 e. The lowest BCUT2D eigenvalue weighted by atomic mass is 10.3. The Labute approximate surface area is 132 Å². The van der Waals surface area contributed by atoms with E-state index in [0.29, 0.717) is 12.1 Å².